The maximum absolute atomic E-state index is 13.2. The highest BCUT2D eigenvalue weighted by Gasteiger charge is 2.30. The SMILES string of the molecule is CCn1c(=O)oc2cc(S(=O)(=O)N3CCN(C(=O)Cc4ccc(OC)c(OC)c4)CC3)ccc21. The van der Waals surface area contributed by atoms with Gasteiger partial charge in [0.25, 0.3) is 0 Å². The van der Waals surface area contributed by atoms with Gasteiger partial charge in [0.15, 0.2) is 17.1 Å². The summed E-state index contributed by atoms with van der Waals surface area (Å²) >= 11 is 0. The van der Waals surface area contributed by atoms with Crippen LogP contribution in [-0.2, 0) is 27.8 Å². The molecule has 1 saturated heterocycles. The maximum atomic E-state index is 13.2. The highest BCUT2D eigenvalue weighted by Crippen LogP contribution is 2.28. The van der Waals surface area contributed by atoms with Crippen molar-refractivity contribution in [2.75, 3.05) is 40.4 Å². The van der Waals surface area contributed by atoms with E-state index in [1.807, 2.05) is 6.92 Å². The van der Waals surface area contributed by atoms with Gasteiger partial charge in [0.1, 0.15) is 0 Å². The number of methoxy groups -OCH3 is 2. The number of piperazine rings is 1. The summed E-state index contributed by atoms with van der Waals surface area (Å²) < 4.78 is 44.8. The highest BCUT2D eigenvalue weighted by atomic mass is 32.2. The molecule has 1 fully saturated rings. The third kappa shape index (κ3) is 4.40. The topological polar surface area (TPSA) is 111 Å². The summed E-state index contributed by atoms with van der Waals surface area (Å²) in [6, 6.07) is 9.76. The molecule has 0 N–H and O–H groups in total. The summed E-state index contributed by atoms with van der Waals surface area (Å²) in [6.45, 7) is 3.17. The first-order valence-corrected chi connectivity index (χ1v) is 12.3. The average molecular weight is 490 g/mol. The molecule has 1 aromatic heterocycles. The molecule has 0 radical (unpaired) electrons. The molecule has 182 valence electrons. The zero-order chi connectivity index (χ0) is 24.5. The first-order valence-electron chi connectivity index (χ1n) is 10.9. The third-order valence-corrected chi connectivity index (χ3v) is 7.88. The number of carbonyl (C=O) groups is 1. The zero-order valence-electron chi connectivity index (χ0n) is 19.3. The molecule has 10 nitrogen and oxygen atoms in total. The van der Waals surface area contributed by atoms with Crippen LogP contribution >= 0.6 is 0 Å². The number of nitrogens with zero attached hydrogens (tertiary/aromatic N) is 3. The molecule has 0 atom stereocenters. The Hall–Kier alpha value is -3.31. The minimum absolute atomic E-state index is 0.0575. The fourth-order valence-electron chi connectivity index (χ4n) is 4.11. The smallest absolute Gasteiger partial charge is 0.419 e. The molecule has 11 heteroatoms. The Morgan fingerprint density at radius 1 is 1.00 bits per heavy atom. The van der Waals surface area contributed by atoms with E-state index >= 15 is 0 Å². The van der Waals surface area contributed by atoms with Gasteiger partial charge in [0, 0.05) is 38.8 Å². The molecular formula is C23H27N3O7S. The van der Waals surface area contributed by atoms with Crippen molar-refractivity contribution in [3.8, 4) is 11.5 Å². The van der Waals surface area contributed by atoms with E-state index in [9.17, 15) is 18.0 Å². The Bertz CT molecular complexity index is 1370. The van der Waals surface area contributed by atoms with Gasteiger partial charge in [0.2, 0.25) is 15.9 Å². The van der Waals surface area contributed by atoms with Crippen molar-refractivity contribution in [2.45, 2.75) is 24.8 Å². The quantitative estimate of drug-likeness (QED) is 0.497. The van der Waals surface area contributed by atoms with Crippen LogP contribution in [0.5, 0.6) is 11.5 Å². The standard InChI is InChI=1S/C23H27N3O7S/c1-4-26-18-7-6-17(15-20(18)33-23(26)28)34(29,30)25-11-9-24(10-12-25)22(27)14-16-5-8-19(31-2)21(13-16)32-3/h5-8,13,15H,4,9-12,14H2,1-3H3. The number of hydrogen-bond acceptors (Lipinski definition) is 7. The van der Waals surface area contributed by atoms with Crippen LogP contribution in [-0.4, -0.2) is 68.5 Å². The Labute approximate surface area is 197 Å². The van der Waals surface area contributed by atoms with Crippen LogP contribution in [0, 0.1) is 0 Å². The van der Waals surface area contributed by atoms with Gasteiger partial charge in [-0.15, -0.1) is 0 Å². The Morgan fingerprint density at radius 3 is 2.35 bits per heavy atom. The van der Waals surface area contributed by atoms with Gasteiger partial charge in [-0.05, 0) is 36.8 Å². The van der Waals surface area contributed by atoms with Crippen LogP contribution < -0.4 is 15.2 Å². The van der Waals surface area contributed by atoms with E-state index in [0.717, 1.165) is 5.56 Å². The molecule has 3 aromatic rings. The number of rotatable bonds is 7. The van der Waals surface area contributed by atoms with Crippen LogP contribution in [0.3, 0.4) is 0 Å². The summed E-state index contributed by atoms with van der Waals surface area (Å²) in [5, 5.41) is 0. The van der Waals surface area contributed by atoms with E-state index in [1.54, 1.807) is 36.3 Å². The fraction of sp³-hybridized carbons (Fsp3) is 0.391. The number of oxazole rings is 1. The molecule has 4 rings (SSSR count). The Kier molecular flexibility index (Phi) is 6.67. The van der Waals surface area contributed by atoms with Crippen LogP contribution in [0.15, 0.2) is 50.5 Å². The number of aromatic nitrogens is 1. The third-order valence-electron chi connectivity index (χ3n) is 5.99. The monoisotopic (exact) mass is 489 g/mol. The molecule has 34 heavy (non-hydrogen) atoms. The van der Waals surface area contributed by atoms with Crippen molar-refractivity contribution in [2.24, 2.45) is 0 Å². The van der Waals surface area contributed by atoms with Gasteiger partial charge < -0.3 is 18.8 Å². The van der Waals surface area contributed by atoms with Gasteiger partial charge >= 0.3 is 5.76 Å². The molecule has 0 spiro atoms. The van der Waals surface area contributed by atoms with Gasteiger partial charge in [-0.1, -0.05) is 6.07 Å². The summed E-state index contributed by atoms with van der Waals surface area (Å²) in [6.07, 6.45) is 0.178. The van der Waals surface area contributed by atoms with E-state index in [2.05, 4.69) is 0 Å². The molecule has 1 aliphatic rings. The zero-order valence-corrected chi connectivity index (χ0v) is 20.1. The fourth-order valence-corrected chi connectivity index (χ4v) is 5.55. The minimum atomic E-state index is -3.79. The number of benzene rings is 2. The van der Waals surface area contributed by atoms with E-state index in [-0.39, 0.29) is 49.0 Å². The van der Waals surface area contributed by atoms with Crippen molar-refractivity contribution in [3.05, 3.63) is 52.5 Å². The number of carbonyl (C=O) groups excluding carboxylic acids is 1. The molecule has 1 aliphatic heterocycles. The van der Waals surface area contributed by atoms with Crippen molar-refractivity contribution in [1.82, 2.24) is 13.8 Å². The lowest BCUT2D eigenvalue weighted by Gasteiger charge is -2.34. The largest absolute Gasteiger partial charge is 0.493 e. The predicted molar refractivity (Wildman–Crippen MR) is 125 cm³/mol. The normalized spacial score (nSPS) is 15.0. The highest BCUT2D eigenvalue weighted by molar-refractivity contribution is 7.89. The molecule has 1 amide bonds. The maximum Gasteiger partial charge on any atom is 0.419 e. The molecule has 0 unspecified atom stereocenters. The van der Waals surface area contributed by atoms with E-state index in [4.69, 9.17) is 13.9 Å². The number of fused-ring (bicyclic) bond motifs is 1. The van der Waals surface area contributed by atoms with Crippen molar-refractivity contribution in [3.63, 3.8) is 0 Å². The number of sulfonamides is 1. The van der Waals surface area contributed by atoms with E-state index in [0.29, 0.717) is 23.6 Å². The van der Waals surface area contributed by atoms with Crippen molar-refractivity contribution in [1.29, 1.82) is 0 Å². The molecule has 0 aliphatic carbocycles. The summed E-state index contributed by atoms with van der Waals surface area (Å²) in [5.41, 5.74) is 1.57. The predicted octanol–water partition coefficient (Wildman–Crippen LogP) is 1.71. The number of aryl methyl sites for hydroxylation is 1. The first kappa shape index (κ1) is 23.8. The molecule has 0 bridgehead atoms. The van der Waals surface area contributed by atoms with Gasteiger partial charge in [-0.3, -0.25) is 9.36 Å². The van der Waals surface area contributed by atoms with Crippen LogP contribution in [0.2, 0.25) is 0 Å². The molecule has 0 saturated carbocycles. The summed E-state index contributed by atoms with van der Waals surface area (Å²) in [7, 11) is -0.712. The second-order valence-electron chi connectivity index (χ2n) is 7.89. The Balaban J connectivity index is 1.43. The second-order valence-corrected chi connectivity index (χ2v) is 9.83. The summed E-state index contributed by atoms with van der Waals surface area (Å²) in [4.78, 5) is 26.4. The minimum Gasteiger partial charge on any atom is -0.493 e. The lowest BCUT2D eigenvalue weighted by atomic mass is 10.1. The number of hydrogen-bond donors (Lipinski definition) is 0. The number of amides is 1. The Morgan fingerprint density at radius 2 is 1.71 bits per heavy atom. The molecular weight excluding hydrogens is 462 g/mol. The average Bonchev–Trinajstić information content (AvgIpc) is 3.17. The van der Waals surface area contributed by atoms with E-state index in [1.165, 1.54) is 28.1 Å². The lowest BCUT2D eigenvalue weighted by molar-refractivity contribution is -0.131. The molecule has 2 heterocycles. The molecule has 2 aromatic carbocycles. The van der Waals surface area contributed by atoms with Crippen molar-refractivity contribution < 1.29 is 27.1 Å². The lowest BCUT2D eigenvalue weighted by Crippen LogP contribution is -2.50. The van der Waals surface area contributed by atoms with Crippen LogP contribution in [0.1, 0.15) is 12.5 Å². The summed E-state index contributed by atoms with van der Waals surface area (Å²) in [5.74, 6) is 0.522. The van der Waals surface area contributed by atoms with Gasteiger partial charge in [0.05, 0.1) is 31.1 Å². The van der Waals surface area contributed by atoms with Gasteiger partial charge in [-0.2, -0.15) is 4.31 Å². The van der Waals surface area contributed by atoms with Gasteiger partial charge in [-0.25, -0.2) is 13.2 Å². The number of ether oxygens (including phenoxy) is 2. The van der Waals surface area contributed by atoms with Crippen LogP contribution in [0.4, 0.5) is 0 Å². The second kappa shape index (κ2) is 9.51. The first-order chi connectivity index (χ1) is 16.3. The van der Waals surface area contributed by atoms with Crippen LogP contribution in [0.25, 0.3) is 11.1 Å². The van der Waals surface area contributed by atoms with E-state index < -0.39 is 15.8 Å². The van der Waals surface area contributed by atoms with Crippen molar-refractivity contribution >= 4 is 27.0 Å².